The number of nitro groups is 1. The first-order chi connectivity index (χ1) is 8.13. The number of carbonyl (C=O) groups excluding carboxylic acids is 1. The Hall–Kier alpha value is -1.17. The third-order valence-corrected chi connectivity index (χ3v) is 2.55. The Morgan fingerprint density at radius 1 is 1.56 bits per heavy atom. The SMILES string of the molecule is O=C(Cl)c1cnc(I)c(OC(F)(F)F)c1[N+](=O)[O-]. The van der Waals surface area contributed by atoms with Crippen molar-refractivity contribution in [2.24, 2.45) is 0 Å². The van der Waals surface area contributed by atoms with E-state index in [2.05, 4.69) is 9.72 Å². The smallest absolute Gasteiger partial charge is 0.395 e. The van der Waals surface area contributed by atoms with E-state index in [1.807, 2.05) is 0 Å². The molecule has 0 aliphatic heterocycles. The van der Waals surface area contributed by atoms with Crippen molar-refractivity contribution in [2.75, 3.05) is 0 Å². The lowest BCUT2D eigenvalue weighted by atomic mass is 10.2. The van der Waals surface area contributed by atoms with E-state index < -0.39 is 37.2 Å². The van der Waals surface area contributed by atoms with Crippen LogP contribution in [0.2, 0.25) is 0 Å². The molecule has 1 heterocycles. The van der Waals surface area contributed by atoms with Gasteiger partial charge >= 0.3 is 12.0 Å². The predicted octanol–water partition coefficient (Wildman–Crippen LogP) is 2.87. The Morgan fingerprint density at radius 3 is 2.50 bits per heavy atom. The molecule has 98 valence electrons. The van der Waals surface area contributed by atoms with Crippen LogP contribution >= 0.6 is 34.2 Å². The van der Waals surface area contributed by atoms with E-state index in [4.69, 9.17) is 11.6 Å². The fraction of sp³-hybridized carbons (Fsp3) is 0.143. The molecule has 6 nitrogen and oxygen atoms in total. The molecule has 0 radical (unpaired) electrons. The maximum absolute atomic E-state index is 12.1. The molecule has 0 aliphatic rings. The second-order valence-electron chi connectivity index (χ2n) is 2.72. The highest BCUT2D eigenvalue weighted by Gasteiger charge is 2.38. The van der Waals surface area contributed by atoms with E-state index in [1.54, 1.807) is 0 Å². The van der Waals surface area contributed by atoms with Gasteiger partial charge in [-0.05, 0) is 34.2 Å². The molecule has 0 bridgehead atoms. The molecule has 1 aromatic rings. The molecule has 0 unspecified atom stereocenters. The number of rotatable bonds is 3. The van der Waals surface area contributed by atoms with Gasteiger partial charge in [-0.2, -0.15) is 0 Å². The Bertz CT molecular complexity index is 522. The number of alkyl halides is 3. The number of carbonyl (C=O) groups is 1. The topological polar surface area (TPSA) is 82.3 Å². The molecule has 0 amide bonds. The number of hydrogen-bond acceptors (Lipinski definition) is 5. The van der Waals surface area contributed by atoms with Gasteiger partial charge in [0.2, 0.25) is 5.75 Å². The van der Waals surface area contributed by atoms with Crippen molar-refractivity contribution in [2.45, 2.75) is 6.36 Å². The minimum atomic E-state index is -5.15. The van der Waals surface area contributed by atoms with Crippen molar-refractivity contribution >= 4 is 45.1 Å². The number of nitrogens with zero attached hydrogens (tertiary/aromatic N) is 2. The van der Waals surface area contributed by atoms with Gasteiger partial charge in [-0.15, -0.1) is 13.2 Å². The zero-order valence-corrected chi connectivity index (χ0v) is 10.9. The van der Waals surface area contributed by atoms with Crippen LogP contribution in [0.5, 0.6) is 5.75 Å². The van der Waals surface area contributed by atoms with Crippen molar-refractivity contribution in [1.29, 1.82) is 0 Å². The third kappa shape index (κ3) is 3.41. The maximum atomic E-state index is 12.1. The lowest BCUT2D eigenvalue weighted by molar-refractivity contribution is -0.389. The van der Waals surface area contributed by atoms with Crippen LogP contribution in [-0.2, 0) is 0 Å². The Labute approximate surface area is 115 Å². The number of ether oxygens (including phenoxy) is 1. The van der Waals surface area contributed by atoms with Crippen LogP contribution in [0.3, 0.4) is 0 Å². The second kappa shape index (κ2) is 5.22. The first-order valence-corrected chi connectivity index (χ1v) is 5.37. The zero-order valence-electron chi connectivity index (χ0n) is 7.99. The van der Waals surface area contributed by atoms with E-state index in [1.165, 1.54) is 22.6 Å². The van der Waals surface area contributed by atoms with E-state index >= 15 is 0 Å². The molecule has 11 heteroatoms. The molecule has 18 heavy (non-hydrogen) atoms. The van der Waals surface area contributed by atoms with Crippen molar-refractivity contribution in [1.82, 2.24) is 4.98 Å². The van der Waals surface area contributed by atoms with E-state index in [0.717, 1.165) is 0 Å². The van der Waals surface area contributed by atoms with Crippen LogP contribution in [0.15, 0.2) is 6.20 Å². The van der Waals surface area contributed by atoms with Crippen LogP contribution in [0.25, 0.3) is 0 Å². The van der Waals surface area contributed by atoms with Crippen LogP contribution < -0.4 is 4.74 Å². The van der Waals surface area contributed by atoms with Crippen molar-refractivity contribution in [3.05, 3.63) is 25.6 Å². The summed E-state index contributed by atoms with van der Waals surface area (Å²) in [6.45, 7) is 0. The molecule has 0 N–H and O–H groups in total. The molecule has 0 aromatic carbocycles. The summed E-state index contributed by atoms with van der Waals surface area (Å²) in [6, 6.07) is 0. The summed E-state index contributed by atoms with van der Waals surface area (Å²) < 4.78 is 39.4. The van der Waals surface area contributed by atoms with Gasteiger partial charge in [0.05, 0.1) is 4.92 Å². The standard InChI is InChI=1S/C7HClF3IN2O4/c8-5(15)2-1-13-6(12)4(3(2)14(16)17)18-7(9,10)11/h1H. The highest BCUT2D eigenvalue weighted by molar-refractivity contribution is 14.1. The molecule has 0 saturated heterocycles. The molecule has 0 saturated carbocycles. The van der Waals surface area contributed by atoms with Crippen molar-refractivity contribution in [3.63, 3.8) is 0 Å². The molecule has 0 fully saturated rings. The number of hydrogen-bond donors (Lipinski definition) is 0. The van der Waals surface area contributed by atoms with Gasteiger partial charge in [-0.1, -0.05) is 0 Å². The summed E-state index contributed by atoms with van der Waals surface area (Å²) in [7, 11) is 0. The summed E-state index contributed by atoms with van der Waals surface area (Å²) in [5, 5.41) is 9.39. The third-order valence-electron chi connectivity index (χ3n) is 1.58. The van der Waals surface area contributed by atoms with Gasteiger partial charge in [-0.3, -0.25) is 14.9 Å². The van der Waals surface area contributed by atoms with Gasteiger partial charge < -0.3 is 4.74 Å². The maximum Gasteiger partial charge on any atom is 0.573 e. The molecule has 0 spiro atoms. The summed E-state index contributed by atoms with van der Waals surface area (Å²) in [5.41, 5.74) is -1.95. The first kappa shape index (κ1) is 14.9. The quantitative estimate of drug-likeness (QED) is 0.258. The number of aromatic nitrogens is 1. The van der Waals surface area contributed by atoms with Gasteiger partial charge in [0, 0.05) is 6.20 Å². The summed E-state index contributed by atoms with van der Waals surface area (Å²) in [4.78, 5) is 23.8. The van der Waals surface area contributed by atoms with Crippen molar-refractivity contribution in [3.8, 4) is 5.75 Å². The summed E-state index contributed by atoms with van der Waals surface area (Å²) in [5.74, 6) is -1.17. The summed E-state index contributed by atoms with van der Waals surface area (Å²) in [6.07, 6.45) is -4.45. The van der Waals surface area contributed by atoms with Gasteiger partial charge in [-0.25, -0.2) is 4.98 Å². The molecule has 1 aromatic heterocycles. The van der Waals surface area contributed by atoms with Crippen LogP contribution in [0.4, 0.5) is 18.9 Å². The monoisotopic (exact) mass is 396 g/mol. The fourth-order valence-electron chi connectivity index (χ4n) is 0.992. The number of pyridine rings is 1. The summed E-state index contributed by atoms with van der Waals surface area (Å²) >= 11 is 6.33. The van der Waals surface area contributed by atoms with E-state index in [-0.39, 0.29) is 0 Å². The molecule has 0 atom stereocenters. The highest BCUT2D eigenvalue weighted by atomic mass is 127. The van der Waals surface area contributed by atoms with Crippen LogP contribution in [-0.4, -0.2) is 21.5 Å². The molecule has 0 aliphatic carbocycles. The van der Waals surface area contributed by atoms with Crippen LogP contribution in [0.1, 0.15) is 10.4 Å². The fourth-order valence-corrected chi connectivity index (χ4v) is 1.64. The van der Waals surface area contributed by atoms with Gasteiger partial charge in [0.15, 0.2) is 3.70 Å². The largest absolute Gasteiger partial charge is 0.573 e. The van der Waals surface area contributed by atoms with E-state index in [9.17, 15) is 28.1 Å². The Morgan fingerprint density at radius 2 is 2.11 bits per heavy atom. The number of halogens is 5. The lowest BCUT2D eigenvalue weighted by Gasteiger charge is -2.11. The van der Waals surface area contributed by atoms with Crippen molar-refractivity contribution < 1.29 is 27.6 Å². The lowest BCUT2D eigenvalue weighted by Crippen LogP contribution is -2.20. The van der Waals surface area contributed by atoms with E-state index in [0.29, 0.717) is 6.20 Å². The predicted molar refractivity (Wildman–Crippen MR) is 60.5 cm³/mol. The van der Waals surface area contributed by atoms with Crippen LogP contribution in [0, 0.1) is 13.8 Å². The molecular formula is C7HClF3IN2O4. The minimum absolute atomic E-state index is 0.418. The second-order valence-corrected chi connectivity index (χ2v) is 4.08. The Kier molecular flexibility index (Phi) is 4.32. The molecule has 1 rings (SSSR count). The average molecular weight is 396 g/mol. The average Bonchev–Trinajstić information content (AvgIpc) is 2.17. The first-order valence-electron chi connectivity index (χ1n) is 3.92. The minimum Gasteiger partial charge on any atom is -0.395 e. The highest BCUT2D eigenvalue weighted by Crippen LogP contribution is 2.37. The molecular weight excluding hydrogens is 395 g/mol. The zero-order chi connectivity index (χ0) is 14.1. The normalized spacial score (nSPS) is 11.2. The van der Waals surface area contributed by atoms with Gasteiger partial charge in [0.1, 0.15) is 5.56 Å². The Balaban J connectivity index is 3.51. The van der Waals surface area contributed by atoms with Gasteiger partial charge in [0.25, 0.3) is 5.24 Å².